The summed E-state index contributed by atoms with van der Waals surface area (Å²) in [7, 11) is -3.16. The first-order valence-electron chi connectivity index (χ1n) is 5.34. The van der Waals surface area contributed by atoms with Crippen LogP contribution in [0.5, 0.6) is 0 Å². The van der Waals surface area contributed by atoms with Gasteiger partial charge in [0.25, 0.3) is 0 Å². The minimum absolute atomic E-state index is 0.333. The molecular weight excluding hydrogens is 270 g/mol. The molecule has 0 fully saturated rings. The summed E-state index contributed by atoms with van der Waals surface area (Å²) in [4.78, 5) is 4.24. The van der Waals surface area contributed by atoms with Crippen molar-refractivity contribution in [1.82, 2.24) is 4.98 Å². The Morgan fingerprint density at radius 3 is 2.56 bits per heavy atom. The second kappa shape index (κ2) is 5.08. The van der Waals surface area contributed by atoms with Crippen LogP contribution in [-0.4, -0.2) is 19.7 Å². The van der Waals surface area contributed by atoms with Crippen LogP contribution in [-0.2, 0) is 16.3 Å². The van der Waals surface area contributed by atoms with E-state index in [2.05, 4.69) is 4.98 Å². The topological polar surface area (TPSA) is 47.0 Å². The lowest BCUT2D eigenvalue weighted by Gasteiger charge is -2.04. The van der Waals surface area contributed by atoms with Crippen LogP contribution in [0.15, 0.2) is 47.5 Å². The molecule has 0 amide bonds. The van der Waals surface area contributed by atoms with Crippen molar-refractivity contribution in [2.45, 2.75) is 11.3 Å². The Balaban J connectivity index is 2.30. The highest BCUT2D eigenvalue weighted by molar-refractivity contribution is 7.90. The van der Waals surface area contributed by atoms with Gasteiger partial charge in [-0.3, -0.25) is 0 Å². The van der Waals surface area contributed by atoms with E-state index in [0.717, 1.165) is 11.1 Å². The molecule has 1 heterocycles. The SMILES string of the molecule is CS(=O)(=O)c1cccc(Cc2ccnc(Cl)c2)c1. The van der Waals surface area contributed by atoms with E-state index >= 15 is 0 Å². The molecule has 0 unspecified atom stereocenters. The molecule has 0 N–H and O–H groups in total. The van der Waals surface area contributed by atoms with Crippen LogP contribution in [0, 0.1) is 0 Å². The van der Waals surface area contributed by atoms with E-state index in [4.69, 9.17) is 11.6 Å². The molecule has 0 spiro atoms. The Bertz CT molecular complexity index is 668. The lowest BCUT2D eigenvalue weighted by atomic mass is 10.1. The van der Waals surface area contributed by atoms with Gasteiger partial charge in [0.2, 0.25) is 0 Å². The second-order valence-electron chi connectivity index (χ2n) is 4.08. The van der Waals surface area contributed by atoms with Crippen LogP contribution in [0.2, 0.25) is 5.15 Å². The Kier molecular flexibility index (Phi) is 3.68. The van der Waals surface area contributed by atoms with Gasteiger partial charge < -0.3 is 0 Å². The average molecular weight is 282 g/mol. The number of aromatic nitrogens is 1. The Morgan fingerprint density at radius 2 is 1.89 bits per heavy atom. The molecule has 94 valence electrons. The first kappa shape index (κ1) is 13.1. The molecule has 0 aliphatic heterocycles. The van der Waals surface area contributed by atoms with Crippen molar-refractivity contribution in [1.29, 1.82) is 0 Å². The predicted octanol–water partition coefficient (Wildman–Crippen LogP) is 2.73. The Hall–Kier alpha value is -1.39. The summed E-state index contributed by atoms with van der Waals surface area (Å²) < 4.78 is 22.9. The Labute approximate surface area is 111 Å². The zero-order valence-corrected chi connectivity index (χ0v) is 11.4. The summed E-state index contributed by atoms with van der Waals surface area (Å²) in [5.41, 5.74) is 1.93. The number of hydrogen-bond donors (Lipinski definition) is 0. The second-order valence-corrected chi connectivity index (χ2v) is 6.49. The molecule has 2 rings (SSSR count). The van der Waals surface area contributed by atoms with Gasteiger partial charge in [0.1, 0.15) is 5.15 Å². The maximum atomic E-state index is 11.5. The highest BCUT2D eigenvalue weighted by atomic mass is 35.5. The molecule has 1 aromatic heterocycles. The zero-order chi connectivity index (χ0) is 13.2. The fourth-order valence-electron chi connectivity index (χ4n) is 1.67. The van der Waals surface area contributed by atoms with Crippen molar-refractivity contribution in [3.8, 4) is 0 Å². The summed E-state index contributed by atoms with van der Waals surface area (Å²) in [5.74, 6) is 0. The first-order chi connectivity index (χ1) is 8.45. The molecule has 1 aromatic carbocycles. The molecule has 0 saturated carbocycles. The number of halogens is 1. The summed E-state index contributed by atoms with van der Waals surface area (Å²) in [6.45, 7) is 0. The van der Waals surface area contributed by atoms with Crippen LogP contribution >= 0.6 is 11.6 Å². The van der Waals surface area contributed by atoms with Crippen LogP contribution in [0.25, 0.3) is 0 Å². The van der Waals surface area contributed by atoms with Crippen LogP contribution < -0.4 is 0 Å². The van der Waals surface area contributed by atoms with Gasteiger partial charge >= 0.3 is 0 Å². The minimum atomic E-state index is -3.16. The molecule has 0 saturated heterocycles. The largest absolute Gasteiger partial charge is 0.245 e. The third-order valence-electron chi connectivity index (χ3n) is 2.53. The number of nitrogens with zero attached hydrogens (tertiary/aromatic N) is 1. The lowest BCUT2D eigenvalue weighted by molar-refractivity contribution is 0.602. The number of pyridine rings is 1. The first-order valence-corrected chi connectivity index (χ1v) is 7.61. The van der Waals surface area contributed by atoms with Crippen LogP contribution in [0.4, 0.5) is 0 Å². The number of sulfone groups is 1. The van der Waals surface area contributed by atoms with Gasteiger partial charge in [-0.25, -0.2) is 13.4 Å². The average Bonchev–Trinajstić information content (AvgIpc) is 2.28. The van der Waals surface area contributed by atoms with Crippen LogP contribution in [0.1, 0.15) is 11.1 Å². The molecular formula is C13H12ClNO2S. The highest BCUT2D eigenvalue weighted by Gasteiger charge is 2.07. The molecule has 0 radical (unpaired) electrons. The van der Waals surface area contributed by atoms with E-state index < -0.39 is 9.84 Å². The van der Waals surface area contributed by atoms with E-state index in [-0.39, 0.29) is 0 Å². The predicted molar refractivity (Wildman–Crippen MR) is 71.6 cm³/mol. The van der Waals surface area contributed by atoms with E-state index in [0.29, 0.717) is 16.5 Å². The third-order valence-corrected chi connectivity index (χ3v) is 3.84. The molecule has 0 bridgehead atoms. The molecule has 2 aromatic rings. The maximum Gasteiger partial charge on any atom is 0.175 e. The van der Waals surface area contributed by atoms with Gasteiger partial charge in [-0.2, -0.15) is 0 Å². The van der Waals surface area contributed by atoms with Gasteiger partial charge in [0.15, 0.2) is 9.84 Å². The van der Waals surface area contributed by atoms with Gasteiger partial charge in [-0.05, 0) is 41.8 Å². The van der Waals surface area contributed by atoms with E-state index in [1.54, 1.807) is 30.5 Å². The van der Waals surface area contributed by atoms with Crippen molar-refractivity contribution < 1.29 is 8.42 Å². The fraction of sp³-hybridized carbons (Fsp3) is 0.154. The van der Waals surface area contributed by atoms with E-state index in [1.165, 1.54) is 6.26 Å². The van der Waals surface area contributed by atoms with Crippen LogP contribution in [0.3, 0.4) is 0 Å². The van der Waals surface area contributed by atoms with E-state index in [9.17, 15) is 8.42 Å². The van der Waals surface area contributed by atoms with Crippen molar-refractivity contribution in [3.05, 3.63) is 58.9 Å². The van der Waals surface area contributed by atoms with Crippen molar-refractivity contribution in [2.24, 2.45) is 0 Å². The molecule has 3 nitrogen and oxygen atoms in total. The molecule has 0 atom stereocenters. The summed E-state index contributed by atoms with van der Waals surface area (Å²) in [6, 6.07) is 10.5. The van der Waals surface area contributed by atoms with E-state index in [1.807, 2.05) is 12.1 Å². The number of hydrogen-bond acceptors (Lipinski definition) is 3. The summed E-state index contributed by atoms with van der Waals surface area (Å²) in [5, 5.41) is 0.437. The molecule has 0 aliphatic rings. The normalized spacial score (nSPS) is 11.4. The lowest BCUT2D eigenvalue weighted by Crippen LogP contribution is -1.98. The number of rotatable bonds is 3. The fourth-order valence-corrected chi connectivity index (χ4v) is 2.56. The molecule has 0 aliphatic carbocycles. The minimum Gasteiger partial charge on any atom is -0.245 e. The number of benzene rings is 1. The smallest absolute Gasteiger partial charge is 0.175 e. The maximum absolute atomic E-state index is 11.5. The van der Waals surface area contributed by atoms with Gasteiger partial charge in [0, 0.05) is 12.5 Å². The van der Waals surface area contributed by atoms with Gasteiger partial charge in [-0.1, -0.05) is 23.7 Å². The molecule has 18 heavy (non-hydrogen) atoms. The van der Waals surface area contributed by atoms with Crippen molar-refractivity contribution in [2.75, 3.05) is 6.26 Å². The summed E-state index contributed by atoms with van der Waals surface area (Å²) in [6.07, 6.45) is 3.47. The highest BCUT2D eigenvalue weighted by Crippen LogP contribution is 2.16. The van der Waals surface area contributed by atoms with Gasteiger partial charge in [0.05, 0.1) is 4.90 Å². The standard InChI is InChI=1S/C13H12ClNO2S/c1-18(16,17)12-4-2-3-10(8-12)7-11-5-6-15-13(14)9-11/h2-6,8-9H,7H2,1H3. The van der Waals surface area contributed by atoms with Gasteiger partial charge in [-0.15, -0.1) is 0 Å². The third kappa shape index (κ3) is 3.31. The summed E-state index contributed by atoms with van der Waals surface area (Å²) >= 11 is 5.81. The monoisotopic (exact) mass is 281 g/mol. The zero-order valence-electron chi connectivity index (χ0n) is 9.80. The quantitative estimate of drug-likeness (QED) is 0.813. The Morgan fingerprint density at radius 1 is 1.17 bits per heavy atom. The van der Waals surface area contributed by atoms with Crippen molar-refractivity contribution in [3.63, 3.8) is 0 Å². The van der Waals surface area contributed by atoms with Crippen molar-refractivity contribution >= 4 is 21.4 Å². The molecule has 5 heteroatoms.